The SMILES string of the molecule is Cc1cccnc1CNC1CCCc2[nH]c(=O)ccc21. The number of aromatic amines is 1. The van der Waals surface area contributed by atoms with Gasteiger partial charge in [-0.25, -0.2) is 0 Å². The minimum Gasteiger partial charge on any atom is -0.326 e. The third-order valence-electron chi connectivity index (χ3n) is 3.97. The van der Waals surface area contributed by atoms with Crippen LogP contribution in [0.4, 0.5) is 0 Å². The molecule has 20 heavy (non-hydrogen) atoms. The Labute approximate surface area is 118 Å². The molecule has 0 aromatic carbocycles. The quantitative estimate of drug-likeness (QED) is 0.898. The second-order valence-electron chi connectivity index (χ2n) is 5.35. The first-order valence-electron chi connectivity index (χ1n) is 7.10. The van der Waals surface area contributed by atoms with E-state index in [-0.39, 0.29) is 5.56 Å². The number of aromatic nitrogens is 2. The smallest absolute Gasteiger partial charge is 0.248 e. The highest BCUT2D eigenvalue weighted by atomic mass is 16.1. The van der Waals surface area contributed by atoms with E-state index in [0.717, 1.165) is 37.2 Å². The fraction of sp³-hybridized carbons (Fsp3) is 0.375. The molecule has 0 saturated carbocycles. The molecule has 2 aromatic rings. The van der Waals surface area contributed by atoms with Crippen molar-refractivity contribution in [3.05, 3.63) is 63.3 Å². The zero-order valence-electron chi connectivity index (χ0n) is 11.6. The van der Waals surface area contributed by atoms with Crippen LogP contribution in [0, 0.1) is 6.92 Å². The Kier molecular flexibility index (Phi) is 3.65. The van der Waals surface area contributed by atoms with E-state index in [9.17, 15) is 4.79 Å². The van der Waals surface area contributed by atoms with E-state index >= 15 is 0 Å². The lowest BCUT2D eigenvalue weighted by molar-refractivity contribution is 0.450. The van der Waals surface area contributed by atoms with Crippen molar-refractivity contribution in [2.45, 2.75) is 38.8 Å². The lowest BCUT2D eigenvalue weighted by Gasteiger charge is -2.26. The topological polar surface area (TPSA) is 57.8 Å². The molecule has 0 fully saturated rings. The summed E-state index contributed by atoms with van der Waals surface area (Å²) in [5, 5.41) is 3.57. The van der Waals surface area contributed by atoms with Gasteiger partial charge in [-0.2, -0.15) is 0 Å². The molecule has 2 aromatic heterocycles. The number of nitrogens with one attached hydrogen (secondary N) is 2. The molecule has 0 aliphatic heterocycles. The van der Waals surface area contributed by atoms with Gasteiger partial charge in [0.2, 0.25) is 5.56 Å². The Morgan fingerprint density at radius 1 is 1.40 bits per heavy atom. The molecule has 1 aliphatic carbocycles. The van der Waals surface area contributed by atoms with Gasteiger partial charge in [0.25, 0.3) is 0 Å². The first kappa shape index (κ1) is 13.1. The first-order valence-corrected chi connectivity index (χ1v) is 7.10. The Bertz CT molecular complexity index is 663. The van der Waals surface area contributed by atoms with Crippen LogP contribution in [-0.4, -0.2) is 9.97 Å². The minimum absolute atomic E-state index is 0.00929. The highest BCUT2D eigenvalue weighted by Gasteiger charge is 2.20. The summed E-state index contributed by atoms with van der Waals surface area (Å²) in [6.45, 7) is 2.84. The molecule has 0 saturated heterocycles. The molecule has 1 unspecified atom stereocenters. The van der Waals surface area contributed by atoms with Gasteiger partial charge in [0.15, 0.2) is 0 Å². The van der Waals surface area contributed by atoms with E-state index in [1.54, 1.807) is 6.07 Å². The van der Waals surface area contributed by atoms with Crippen LogP contribution < -0.4 is 10.9 Å². The van der Waals surface area contributed by atoms with Crippen molar-refractivity contribution in [1.82, 2.24) is 15.3 Å². The standard InChI is InChI=1S/C16H19N3O/c1-11-4-3-9-17-15(11)10-18-13-5-2-6-14-12(13)7-8-16(20)19-14/h3-4,7-9,13,18H,2,5-6,10H2,1H3,(H,19,20). The molecule has 0 spiro atoms. The number of fused-ring (bicyclic) bond motifs is 1. The van der Waals surface area contributed by atoms with Crippen molar-refractivity contribution in [1.29, 1.82) is 0 Å². The van der Waals surface area contributed by atoms with Gasteiger partial charge in [-0.15, -0.1) is 0 Å². The average Bonchev–Trinajstić information content (AvgIpc) is 2.46. The normalized spacial score (nSPS) is 17.8. The van der Waals surface area contributed by atoms with E-state index in [1.165, 1.54) is 11.1 Å². The number of hydrogen-bond acceptors (Lipinski definition) is 3. The monoisotopic (exact) mass is 269 g/mol. The van der Waals surface area contributed by atoms with Gasteiger partial charge >= 0.3 is 0 Å². The molecule has 3 rings (SSSR count). The molecule has 0 bridgehead atoms. The maximum atomic E-state index is 11.4. The molecule has 2 N–H and O–H groups in total. The predicted molar refractivity (Wildman–Crippen MR) is 78.6 cm³/mol. The Morgan fingerprint density at radius 2 is 2.30 bits per heavy atom. The molecule has 0 amide bonds. The number of hydrogen-bond donors (Lipinski definition) is 2. The number of nitrogens with zero attached hydrogens (tertiary/aromatic N) is 1. The van der Waals surface area contributed by atoms with E-state index in [0.29, 0.717) is 6.04 Å². The summed E-state index contributed by atoms with van der Waals surface area (Å²) in [6.07, 6.45) is 5.00. The van der Waals surface area contributed by atoms with Crippen molar-refractivity contribution in [2.24, 2.45) is 0 Å². The van der Waals surface area contributed by atoms with E-state index in [2.05, 4.69) is 28.3 Å². The highest BCUT2D eigenvalue weighted by Crippen LogP contribution is 2.27. The second kappa shape index (κ2) is 5.59. The van der Waals surface area contributed by atoms with E-state index in [4.69, 9.17) is 0 Å². The summed E-state index contributed by atoms with van der Waals surface area (Å²) in [4.78, 5) is 18.8. The largest absolute Gasteiger partial charge is 0.326 e. The van der Waals surface area contributed by atoms with Gasteiger partial charge in [-0.05, 0) is 43.4 Å². The van der Waals surface area contributed by atoms with Gasteiger partial charge in [0.05, 0.1) is 5.69 Å². The van der Waals surface area contributed by atoms with Gasteiger partial charge in [-0.1, -0.05) is 12.1 Å². The molecule has 2 heterocycles. The Morgan fingerprint density at radius 3 is 3.15 bits per heavy atom. The number of aryl methyl sites for hydroxylation is 2. The van der Waals surface area contributed by atoms with Crippen LogP contribution in [0.5, 0.6) is 0 Å². The van der Waals surface area contributed by atoms with Crippen LogP contribution in [0.1, 0.15) is 41.4 Å². The van der Waals surface area contributed by atoms with Gasteiger partial charge in [0.1, 0.15) is 0 Å². The van der Waals surface area contributed by atoms with Crippen LogP contribution in [-0.2, 0) is 13.0 Å². The summed E-state index contributed by atoms with van der Waals surface area (Å²) in [5.41, 5.74) is 4.59. The van der Waals surface area contributed by atoms with Crippen molar-refractivity contribution < 1.29 is 0 Å². The van der Waals surface area contributed by atoms with Gasteiger partial charge in [-0.3, -0.25) is 9.78 Å². The molecular formula is C16H19N3O. The van der Waals surface area contributed by atoms with Crippen molar-refractivity contribution >= 4 is 0 Å². The van der Waals surface area contributed by atoms with Crippen LogP contribution in [0.25, 0.3) is 0 Å². The van der Waals surface area contributed by atoms with Crippen LogP contribution in [0.2, 0.25) is 0 Å². The fourth-order valence-electron chi connectivity index (χ4n) is 2.84. The van der Waals surface area contributed by atoms with Crippen LogP contribution in [0.3, 0.4) is 0 Å². The molecular weight excluding hydrogens is 250 g/mol. The molecule has 104 valence electrons. The summed E-state index contributed by atoms with van der Waals surface area (Å²) >= 11 is 0. The summed E-state index contributed by atoms with van der Waals surface area (Å²) in [5.74, 6) is 0. The summed E-state index contributed by atoms with van der Waals surface area (Å²) < 4.78 is 0. The van der Waals surface area contributed by atoms with Crippen molar-refractivity contribution in [3.63, 3.8) is 0 Å². The third-order valence-corrected chi connectivity index (χ3v) is 3.97. The fourth-order valence-corrected chi connectivity index (χ4v) is 2.84. The van der Waals surface area contributed by atoms with Crippen LogP contribution in [0.15, 0.2) is 35.3 Å². The lowest BCUT2D eigenvalue weighted by Crippen LogP contribution is -2.27. The van der Waals surface area contributed by atoms with Gasteiger partial charge < -0.3 is 10.3 Å². The van der Waals surface area contributed by atoms with E-state index in [1.807, 2.05) is 18.3 Å². The molecule has 1 aliphatic rings. The Balaban J connectivity index is 1.77. The third kappa shape index (κ3) is 2.65. The predicted octanol–water partition coefficient (Wildman–Crippen LogP) is 2.25. The number of rotatable bonds is 3. The number of pyridine rings is 2. The molecule has 0 radical (unpaired) electrons. The highest BCUT2D eigenvalue weighted by molar-refractivity contribution is 5.26. The Hall–Kier alpha value is -1.94. The number of H-pyrrole nitrogens is 1. The summed E-state index contributed by atoms with van der Waals surface area (Å²) in [6, 6.07) is 7.91. The molecule has 1 atom stereocenters. The molecule has 4 heteroatoms. The lowest BCUT2D eigenvalue weighted by atomic mass is 9.91. The summed E-state index contributed by atoms with van der Waals surface area (Å²) in [7, 11) is 0. The zero-order chi connectivity index (χ0) is 13.9. The zero-order valence-corrected chi connectivity index (χ0v) is 11.6. The van der Waals surface area contributed by atoms with Gasteiger partial charge in [0, 0.05) is 30.5 Å². The average molecular weight is 269 g/mol. The van der Waals surface area contributed by atoms with Crippen molar-refractivity contribution in [2.75, 3.05) is 0 Å². The maximum absolute atomic E-state index is 11.4. The maximum Gasteiger partial charge on any atom is 0.248 e. The van der Waals surface area contributed by atoms with E-state index < -0.39 is 0 Å². The minimum atomic E-state index is -0.00929. The van der Waals surface area contributed by atoms with Crippen molar-refractivity contribution in [3.8, 4) is 0 Å². The second-order valence-corrected chi connectivity index (χ2v) is 5.35. The molecule has 4 nitrogen and oxygen atoms in total. The van der Waals surface area contributed by atoms with Crippen LogP contribution >= 0.6 is 0 Å². The first-order chi connectivity index (χ1) is 9.74.